The Morgan fingerprint density at radius 1 is 1.44 bits per heavy atom. The van der Waals surface area contributed by atoms with Crippen LogP contribution in [-0.4, -0.2) is 51.3 Å². The summed E-state index contributed by atoms with van der Waals surface area (Å²) in [6, 6.07) is 0. The summed E-state index contributed by atoms with van der Waals surface area (Å²) in [6.45, 7) is 5.61. The molecule has 0 amide bonds. The largest absolute Gasteiger partial charge is 0.466 e. The van der Waals surface area contributed by atoms with Crippen LogP contribution in [0.4, 0.5) is 0 Å². The topological polar surface area (TPSA) is 38.8 Å². The van der Waals surface area contributed by atoms with E-state index in [1.807, 2.05) is 13.0 Å². The molecule has 1 rings (SSSR count). The maximum absolute atomic E-state index is 11.4. The van der Waals surface area contributed by atoms with Gasteiger partial charge in [0.25, 0.3) is 0 Å². The van der Waals surface area contributed by atoms with E-state index >= 15 is 0 Å². The number of esters is 1. The average molecular weight is 255 g/mol. The van der Waals surface area contributed by atoms with E-state index in [1.54, 1.807) is 0 Å². The summed E-state index contributed by atoms with van der Waals surface area (Å²) in [4.78, 5) is 13.7. The molecule has 1 aliphatic rings. The Morgan fingerprint density at radius 2 is 2.11 bits per heavy atom. The molecule has 1 saturated heterocycles. The molecule has 0 aromatic rings. The van der Waals surface area contributed by atoms with Crippen molar-refractivity contribution in [3.05, 3.63) is 11.6 Å². The Morgan fingerprint density at radius 3 is 2.67 bits per heavy atom. The summed E-state index contributed by atoms with van der Waals surface area (Å²) in [7, 11) is 3.52. The zero-order valence-electron chi connectivity index (χ0n) is 11.8. The first kappa shape index (κ1) is 15.2. The molecule has 0 saturated carbocycles. The molecule has 0 aliphatic carbocycles. The fourth-order valence-electron chi connectivity index (χ4n) is 2.21. The number of methoxy groups -OCH3 is 1. The normalized spacial score (nSPS) is 18.1. The van der Waals surface area contributed by atoms with Crippen LogP contribution in [0.15, 0.2) is 11.6 Å². The summed E-state index contributed by atoms with van der Waals surface area (Å²) in [5.74, 6) is 0.511. The van der Waals surface area contributed by atoms with Crippen molar-refractivity contribution in [2.75, 3.05) is 40.5 Å². The maximum atomic E-state index is 11.4. The number of likely N-dealkylation sites (N-methyl/N-ethyl adjacent to an activating group) is 1. The van der Waals surface area contributed by atoms with Crippen molar-refractivity contribution in [1.82, 2.24) is 4.90 Å². The second-order valence-corrected chi connectivity index (χ2v) is 4.85. The summed E-state index contributed by atoms with van der Waals surface area (Å²) >= 11 is 0. The Bertz CT molecular complexity index is 283. The quantitative estimate of drug-likeness (QED) is 0.536. The highest BCUT2D eigenvalue weighted by molar-refractivity contribution is 5.88. The number of carbonyl (C=O) groups excluding carboxylic acids is 1. The van der Waals surface area contributed by atoms with E-state index in [4.69, 9.17) is 9.47 Å². The molecule has 0 bridgehead atoms. The lowest BCUT2D eigenvalue weighted by molar-refractivity contribution is -0.136. The minimum Gasteiger partial charge on any atom is -0.466 e. The highest BCUT2D eigenvalue weighted by Crippen LogP contribution is 2.15. The molecule has 1 fully saturated rings. The highest BCUT2D eigenvalue weighted by Gasteiger charge is 2.15. The van der Waals surface area contributed by atoms with Gasteiger partial charge < -0.3 is 14.4 Å². The van der Waals surface area contributed by atoms with Crippen LogP contribution in [0.2, 0.25) is 0 Å². The molecule has 0 aromatic carbocycles. The van der Waals surface area contributed by atoms with Crippen molar-refractivity contribution in [2.45, 2.75) is 26.2 Å². The van der Waals surface area contributed by atoms with Gasteiger partial charge in [0, 0.05) is 31.9 Å². The third-order valence-electron chi connectivity index (χ3n) is 3.39. The predicted molar refractivity (Wildman–Crippen MR) is 71.4 cm³/mol. The lowest BCUT2D eigenvalue weighted by Crippen LogP contribution is -2.30. The van der Waals surface area contributed by atoms with Gasteiger partial charge in [-0.2, -0.15) is 0 Å². The second kappa shape index (κ2) is 8.27. The van der Waals surface area contributed by atoms with Gasteiger partial charge in [-0.1, -0.05) is 13.0 Å². The van der Waals surface area contributed by atoms with Crippen LogP contribution in [0.1, 0.15) is 26.2 Å². The maximum Gasteiger partial charge on any atom is 0.333 e. The Labute approximate surface area is 110 Å². The highest BCUT2D eigenvalue weighted by atomic mass is 16.5. The van der Waals surface area contributed by atoms with E-state index in [0.29, 0.717) is 0 Å². The van der Waals surface area contributed by atoms with Crippen LogP contribution in [0.3, 0.4) is 0 Å². The van der Waals surface area contributed by atoms with Crippen molar-refractivity contribution >= 4 is 5.97 Å². The van der Waals surface area contributed by atoms with Crippen LogP contribution in [0, 0.1) is 5.92 Å². The van der Waals surface area contributed by atoms with Crippen LogP contribution < -0.4 is 0 Å². The van der Waals surface area contributed by atoms with E-state index in [2.05, 4.69) is 11.9 Å². The van der Waals surface area contributed by atoms with Crippen LogP contribution >= 0.6 is 0 Å². The van der Waals surface area contributed by atoms with E-state index in [0.717, 1.165) is 57.1 Å². The summed E-state index contributed by atoms with van der Waals surface area (Å²) in [6.07, 6.45) is 4.99. The third-order valence-corrected chi connectivity index (χ3v) is 3.39. The van der Waals surface area contributed by atoms with Gasteiger partial charge in [-0.25, -0.2) is 4.79 Å². The van der Waals surface area contributed by atoms with Crippen molar-refractivity contribution in [2.24, 2.45) is 5.92 Å². The van der Waals surface area contributed by atoms with E-state index in [-0.39, 0.29) is 5.97 Å². The van der Waals surface area contributed by atoms with Crippen molar-refractivity contribution < 1.29 is 14.3 Å². The van der Waals surface area contributed by atoms with Crippen LogP contribution in [0.5, 0.6) is 0 Å². The first-order valence-electron chi connectivity index (χ1n) is 6.71. The molecule has 0 unspecified atom stereocenters. The van der Waals surface area contributed by atoms with Gasteiger partial charge in [-0.15, -0.1) is 0 Å². The number of hydrogen-bond acceptors (Lipinski definition) is 4. The fourth-order valence-corrected chi connectivity index (χ4v) is 2.21. The fraction of sp³-hybridized carbons (Fsp3) is 0.786. The zero-order valence-corrected chi connectivity index (χ0v) is 11.8. The monoisotopic (exact) mass is 255 g/mol. The number of ether oxygens (including phenoxy) is 2. The predicted octanol–water partition coefficient (Wildman–Crippen LogP) is 1.85. The molecular formula is C14H25NO3. The molecule has 1 heterocycles. The van der Waals surface area contributed by atoms with Gasteiger partial charge in [0.1, 0.15) is 0 Å². The molecule has 0 N–H and O–H groups in total. The van der Waals surface area contributed by atoms with E-state index in [9.17, 15) is 4.79 Å². The van der Waals surface area contributed by atoms with Gasteiger partial charge in [-0.3, -0.25) is 0 Å². The Balaban J connectivity index is 2.36. The lowest BCUT2D eigenvalue weighted by Gasteiger charge is -2.26. The zero-order chi connectivity index (χ0) is 13.4. The molecular weight excluding hydrogens is 230 g/mol. The third kappa shape index (κ3) is 5.19. The summed E-state index contributed by atoms with van der Waals surface area (Å²) in [5, 5.41) is 0. The van der Waals surface area contributed by atoms with E-state index in [1.165, 1.54) is 7.11 Å². The lowest BCUT2D eigenvalue weighted by atomic mass is 10.00. The molecule has 4 heteroatoms. The van der Waals surface area contributed by atoms with E-state index < -0.39 is 0 Å². The van der Waals surface area contributed by atoms with Gasteiger partial charge in [0.15, 0.2) is 0 Å². The Hall–Kier alpha value is -0.870. The van der Waals surface area contributed by atoms with Gasteiger partial charge in [-0.05, 0) is 32.2 Å². The number of rotatable bonds is 6. The molecule has 1 aliphatic heterocycles. The first-order chi connectivity index (χ1) is 8.67. The summed E-state index contributed by atoms with van der Waals surface area (Å²) in [5.41, 5.74) is 0.760. The minimum atomic E-state index is -0.211. The minimum absolute atomic E-state index is 0.211. The van der Waals surface area contributed by atoms with Gasteiger partial charge in [0.05, 0.1) is 7.11 Å². The second-order valence-electron chi connectivity index (χ2n) is 4.85. The number of carbonyl (C=O) groups is 1. The molecule has 0 radical (unpaired) electrons. The SMILES string of the molecule is CCC(=CCN(C)CC1CCOCC1)C(=O)OC. The molecule has 0 spiro atoms. The van der Waals surface area contributed by atoms with Crippen LogP contribution in [0.25, 0.3) is 0 Å². The molecule has 104 valence electrons. The number of hydrogen-bond donors (Lipinski definition) is 0. The summed E-state index contributed by atoms with van der Waals surface area (Å²) < 4.78 is 10.1. The smallest absolute Gasteiger partial charge is 0.333 e. The molecule has 4 nitrogen and oxygen atoms in total. The van der Waals surface area contributed by atoms with Crippen molar-refractivity contribution in [3.8, 4) is 0 Å². The first-order valence-corrected chi connectivity index (χ1v) is 6.71. The standard InChI is InChI=1S/C14H25NO3/c1-4-13(14(16)17-3)5-8-15(2)11-12-6-9-18-10-7-12/h5,12H,4,6-11H2,1-3H3. The molecule has 18 heavy (non-hydrogen) atoms. The Kier molecular flexibility index (Phi) is 6.98. The molecule has 0 atom stereocenters. The van der Waals surface area contributed by atoms with Gasteiger partial charge >= 0.3 is 5.97 Å². The average Bonchev–Trinajstić information content (AvgIpc) is 2.40. The van der Waals surface area contributed by atoms with Crippen molar-refractivity contribution in [3.63, 3.8) is 0 Å². The van der Waals surface area contributed by atoms with Crippen LogP contribution in [-0.2, 0) is 14.3 Å². The molecule has 0 aromatic heterocycles. The number of nitrogens with zero attached hydrogens (tertiary/aromatic N) is 1. The van der Waals surface area contributed by atoms with Gasteiger partial charge in [0.2, 0.25) is 0 Å². The van der Waals surface area contributed by atoms with Crippen molar-refractivity contribution in [1.29, 1.82) is 0 Å².